The highest BCUT2D eigenvalue weighted by Crippen LogP contribution is 2.23. The molecule has 1 aromatic carbocycles. The van der Waals surface area contributed by atoms with Crippen LogP contribution < -0.4 is 5.32 Å². The standard InChI is InChI=1S/C22H15N5O/c23-10-8-18-5-3-7-21(26-18)27-22(28)20-13-15(9-11-24-20)17-12-16-4-1-2-6-19(16)25-14-17/h1-9,11-14,23H,(H,26,27,28). The van der Waals surface area contributed by atoms with E-state index in [1.807, 2.05) is 36.4 Å². The number of nitrogens with one attached hydrogen (secondary N) is 2. The summed E-state index contributed by atoms with van der Waals surface area (Å²) in [6.45, 7) is 0. The van der Waals surface area contributed by atoms with E-state index in [2.05, 4.69) is 26.1 Å². The van der Waals surface area contributed by atoms with Crippen molar-refractivity contribution in [2.45, 2.75) is 0 Å². The molecular weight excluding hydrogens is 350 g/mol. The fourth-order valence-corrected chi connectivity index (χ4v) is 2.82. The number of carbonyl (C=O) groups excluding carboxylic acids is 1. The first-order valence-electron chi connectivity index (χ1n) is 8.58. The Hall–Kier alpha value is -4.15. The Morgan fingerprint density at radius 2 is 1.89 bits per heavy atom. The smallest absolute Gasteiger partial charge is 0.275 e. The number of rotatable bonds is 4. The number of aromatic nitrogens is 3. The van der Waals surface area contributed by atoms with E-state index in [0.29, 0.717) is 11.5 Å². The third-order valence-electron chi connectivity index (χ3n) is 4.15. The zero-order valence-electron chi connectivity index (χ0n) is 14.8. The van der Waals surface area contributed by atoms with Gasteiger partial charge in [0.05, 0.1) is 11.2 Å². The molecule has 0 atom stereocenters. The summed E-state index contributed by atoms with van der Waals surface area (Å²) in [7, 11) is 0. The molecule has 0 saturated carbocycles. The van der Waals surface area contributed by atoms with Crippen LogP contribution in [0.2, 0.25) is 0 Å². The highest BCUT2D eigenvalue weighted by Gasteiger charge is 2.11. The molecule has 0 bridgehead atoms. The molecule has 4 aromatic rings. The number of pyridine rings is 3. The molecule has 6 nitrogen and oxygen atoms in total. The second-order valence-electron chi connectivity index (χ2n) is 6.04. The number of nitrogens with zero attached hydrogens (tertiary/aromatic N) is 3. The molecule has 3 heterocycles. The molecule has 3 aromatic heterocycles. The average Bonchev–Trinajstić information content (AvgIpc) is 2.74. The van der Waals surface area contributed by atoms with E-state index in [0.717, 1.165) is 22.0 Å². The van der Waals surface area contributed by atoms with Gasteiger partial charge in [0.25, 0.3) is 5.91 Å². The third kappa shape index (κ3) is 3.67. The van der Waals surface area contributed by atoms with Gasteiger partial charge in [-0.1, -0.05) is 24.3 Å². The highest BCUT2D eigenvalue weighted by molar-refractivity contribution is 6.03. The van der Waals surface area contributed by atoms with Crippen LogP contribution in [0.5, 0.6) is 0 Å². The Bertz CT molecular complexity index is 1230. The molecule has 28 heavy (non-hydrogen) atoms. The summed E-state index contributed by atoms with van der Waals surface area (Å²) in [5.74, 6) is 2.19. The molecule has 0 radical (unpaired) electrons. The van der Waals surface area contributed by atoms with Crippen molar-refractivity contribution in [3.63, 3.8) is 0 Å². The quantitative estimate of drug-likeness (QED) is 0.530. The monoisotopic (exact) mass is 365 g/mol. The van der Waals surface area contributed by atoms with Crippen LogP contribution in [0.3, 0.4) is 0 Å². The van der Waals surface area contributed by atoms with Crippen LogP contribution in [0.1, 0.15) is 16.2 Å². The fourth-order valence-electron chi connectivity index (χ4n) is 2.82. The molecule has 134 valence electrons. The summed E-state index contributed by atoms with van der Waals surface area (Å²) in [4.78, 5) is 25.5. The number of fused-ring (bicyclic) bond motifs is 1. The van der Waals surface area contributed by atoms with Crippen molar-refractivity contribution >= 4 is 34.6 Å². The SMILES string of the molecule is N=C=Cc1cccc(NC(=O)c2cc(-c3cnc4ccccc4c3)ccn2)n1. The second-order valence-corrected chi connectivity index (χ2v) is 6.04. The zero-order valence-corrected chi connectivity index (χ0v) is 14.8. The number of hydrogen-bond donors (Lipinski definition) is 2. The van der Waals surface area contributed by atoms with E-state index in [1.54, 1.807) is 36.7 Å². The molecule has 0 spiro atoms. The van der Waals surface area contributed by atoms with Gasteiger partial charge in [0, 0.05) is 29.4 Å². The highest BCUT2D eigenvalue weighted by atomic mass is 16.1. The van der Waals surface area contributed by atoms with Crippen molar-refractivity contribution in [3.05, 3.63) is 84.4 Å². The molecule has 0 aliphatic carbocycles. The largest absolute Gasteiger partial charge is 0.305 e. The Kier molecular flexibility index (Phi) is 4.70. The Morgan fingerprint density at radius 3 is 2.79 bits per heavy atom. The lowest BCUT2D eigenvalue weighted by atomic mass is 10.1. The average molecular weight is 365 g/mol. The molecule has 0 aliphatic heterocycles. The number of benzene rings is 1. The van der Waals surface area contributed by atoms with Crippen molar-refractivity contribution in [1.29, 1.82) is 5.41 Å². The van der Waals surface area contributed by atoms with Gasteiger partial charge in [-0.2, -0.15) is 0 Å². The molecule has 0 saturated heterocycles. The van der Waals surface area contributed by atoms with Crippen LogP contribution in [-0.2, 0) is 0 Å². The normalized spacial score (nSPS) is 10.3. The zero-order chi connectivity index (χ0) is 19.3. The van der Waals surface area contributed by atoms with Gasteiger partial charge in [-0.25, -0.2) is 4.98 Å². The summed E-state index contributed by atoms with van der Waals surface area (Å²) < 4.78 is 0. The van der Waals surface area contributed by atoms with Gasteiger partial charge in [0.15, 0.2) is 0 Å². The van der Waals surface area contributed by atoms with Crippen LogP contribution in [0, 0.1) is 5.41 Å². The fraction of sp³-hybridized carbons (Fsp3) is 0. The summed E-state index contributed by atoms with van der Waals surface area (Å²) in [6, 6.07) is 18.6. The van der Waals surface area contributed by atoms with E-state index >= 15 is 0 Å². The summed E-state index contributed by atoms with van der Waals surface area (Å²) in [6.07, 6.45) is 4.80. The maximum Gasteiger partial charge on any atom is 0.275 e. The topological polar surface area (TPSA) is 91.6 Å². The van der Waals surface area contributed by atoms with Crippen LogP contribution >= 0.6 is 0 Å². The predicted molar refractivity (Wildman–Crippen MR) is 109 cm³/mol. The van der Waals surface area contributed by atoms with E-state index in [9.17, 15) is 4.79 Å². The van der Waals surface area contributed by atoms with E-state index < -0.39 is 0 Å². The molecule has 0 unspecified atom stereocenters. The van der Waals surface area contributed by atoms with Gasteiger partial charge in [-0.3, -0.25) is 20.2 Å². The minimum absolute atomic E-state index is 0.278. The Balaban J connectivity index is 1.61. The maximum atomic E-state index is 12.6. The van der Waals surface area contributed by atoms with Crippen LogP contribution in [-0.4, -0.2) is 26.7 Å². The minimum atomic E-state index is -0.362. The van der Waals surface area contributed by atoms with Crippen molar-refractivity contribution in [3.8, 4) is 11.1 Å². The lowest BCUT2D eigenvalue weighted by molar-refractivity contribution is 0.102. The van der Waals surface area contributed by atoms with Gasteiger partial charge < -0.3 is 5.32 Å². The third-order valence-corrected chi connectivity index (χ3v) is 4.15. The van der Waals surface area contributed by atoms with E-state index in [1.165, 1.54) is 6.08 Å². The Morgan fingerprint density at radius 1 is 1.00 bits per heavy atom. The van der Waals surface area contributed by atoms with Gasteiger partial charge in [0.2, 0.25) is 0 Å². The van der Waals surface area contributed by atoms with Crippen molar-refractivity contribution in [2.75, 3.05) is 5.32 Å². The number of anilines is 1. The predicted octanol–water partition coefficient (Wildman–Crippen LogP) is 4.21. The molecule has 4 rings (SSSR count). The molecular formula is C22H15N5O. The molecule has 6 heteroatoms. The minimum Gasteiger partial charge on any atom is -0.305 e. The summed E-state index contributed by atoms with van der Waals surface area (Å²) in [5, 5.41) is 10.8. The van der Waals surface area contributed by atoms with Gasteiger partial charge in [0.1, 0.15) is 11.5 Å². The molecule has 0 fully saturated rings. The Labute approximate surface area is 161 Å². The first-order chi connectivity index (χ1) is 13.7. The van der Waals surface area contributed by atoms with Crippen LogP contribution in [0.4, 0.5) is 5.82 Å². The summed E-state index contributed by atoms with van der Waals surface area (Å²) in [5.41, 5.74) is 3.50. The van der Waals surface area contributed by atoms with E-state index in [4.69, 9.17) is 5.41 Å². The number of hydrogen-bond acceptors (Lipinski definition) is 5. The van der Waals surface area contributed by atoms with Crippen molar-refractivity contribution in [2.24, 2.45) is 0 Å². The van der Waals surface area contributed by atoms with Crippen molar-refractivity contribution < 1.29 is 4.79 Å². The number of amides is 1. The van der Waals surface area contributed by atoms with Crippen LogP contribution in [0.25, 0.3) is 28.1 Å². The first kappa shape index (κ1) is 17.3. The van der Waals surface area contributed by atoms with Gasteiger partial charge >= 0.3 is 0 Å². The molecule has 1 amide bonds. The molecule has 0 aliphatic rings. The lowest BCUT2D eigenvalue weighted by Gasteiger charge is -2.07. The van der Waals surface area contributed by atoms with Gasteiger partial charge in [-0.05, 0) is 47.8 Å². The summed E-state index contributed by atoms with van der Waals surface area (Å²) >= 11 is 0. The second kappa shape index (κ2) is 7.61. The molecule has 2 N–H and O–H groups in total. The number of carbonyl (C=O) groups is 1. The first-order valence-corrected chi connectivity index (χ1v) is 8.58. The van der Waals surface area contributed by atoms with Crippen LogP contribution in [0.15, 0.2) is 73.1 Å². The number of para-hydroxylation sites is 1. The van der Waals surface area contributed by atoms with E-state index in [-0.39, 0.29) is 11.6 Å². The maximum absolute atomic E-state index is 12.6. The lowest BCUT2D eigenvalue weighted by Crippen LogP contribution is -2.14. The van der Waals surface area contributed by atoms with Crippen molar-refractivity contribution in [1.82, 2.24) is 15.0 Å². The van der Waals surface area contributed by atoms with Gasteiger partial charge in [-0.15, -0.1) is 0 Å².